The van der Waals surface area contributed by atoms with E-state index in [1.165, 1.54) is 17.2 Å². The van der Waals surface area contributed by atoms with Crippen LogP contribution in [0.5, 0.6) is 0 Å². The van der Waals surface area contributed by atoms with Crippen LogP contribution in [0, 0.1) is 5.41 Å². The average Bonchev–Trinajstić information content (AvgIpc) is 3.09. The first-order chi connectivity index (χ1) is 11.7. The van der Waals surface area contributed by atoms with Crippen LogP contribution in [0.3, 0.4) is 0 Å². The van der Waals surface area contributed by atoms with Gasteiger partial charge in [0.1, 0.15) is 24.6 Å². The molecular weight excluding hydrogens is 330 g/mol. The Labute approximate surface area is 143 Å². The van der Waals surface area contributed by atoms with Crippen LogP contribution in [0.4, 0.5) is 5.82 Å². The van der Waals surface area contributed by atoms with Gasteiger partial charge in [-0.25, -0.2) is 15.0 Å². The monoisotopic (exact) mass is 351 g/mol. The van der Waals surface area contributed by atoms with Crippen molar-refractivity contribution in [3.05, 3.63) is 12.7 Å². The Morgan fingerprint density at radius 2 is 2.00 bits per heavy atom. The first-order valence-corrected chi connectivity index (χ1v) is 7.85. The molecule has 2 aromatic heterocycles. The maximum atomic E-state index is 12.2. The van der Waals surface area contributed by atoms with Gasteiger partial charge < -0.3 is 25.4 Å². The van der Waals surface area contributed by atoms with Crippen LogP contribution in [-0.4, -0.2) is 65.7 Å². The van der Waals surface area contributed by atoms with E-state index in [0.29, 0.717) is 11.2 Å². The summed E-state index contributed by atoms with van der Waals surface area (Å²) in [7, 11) is 0. The topological polar surface area (TPSA) is 143 Å². The van der Waals surface area contributed by atoms with Gasteiger partial charge in [-0.15, -0.1) is 0 Å². The number of carbonyl (C=O) groups excluding carboxylic acids is 1. The predicted octanol–water partition coefficient (Wildman–Crippen LogP) is -0.578. The number of hydrogen-bond donors (Lipinski definition) is 4. The van der Waals surface area contributed by atoms with Crippen molar-refractivity contribution in [1.82, 2.24) is 19.5 Å². The van der Waals surface area contributed by atoms with E-state index in [1.807, 2.05) is 0 Å². The number of anilines is 1. The largest absolute Gasteiger partial charge is 0.394 e. The normalized spacial score (nSPS) is 27.0. The fraction of sp³-hybridized carbons (Fsp3) is 0.600. The Morgan fingerprint density at radius 1 is 1.28 bits per heavy atom. The Kier molecular flexibility index (Phi) is 4.45. The number of hydrogen-bond acceptors (Lipinski definition) is 8. The average molecular weight is 351 g/mol. The zero-order valence-electron chi connectivity index (χ0n) is 14.1. The number of imidazole rings is 1. The molecule has 10 nitrogen and oxygen atoms in total. The lowest BCUT2D eigenvalue weighted by atomic mass is 9.96. The summed E-state index contributed by atoms with van der Waals surface area (Å²) < 4.78 is 6.93. The standard InChI is InChI=1S/C15H21N5O5/c1-15(2,3)14(24)19-11-8-12(17-5-16-11)20(6-18-8)13-10(23)9(22)7(4-21)25-13/h5-7,9-10,13,21-23H,4H2,1-3H3,(H,16,17,19,24)/t7-,9-,10-,13-/m1/s1. The number of rotatable bonds is 3. The Hall–Kier alpha value is -2.14. The number of aromatic nitrogens is 4. The first kappa shape index (κ1) is 17.7. The molecule has 3 heterocycles. The molecular formula is C15H21N5O5. The number of aliphatic hydroxyl groups excluding tert-OH is 3. The minimum atomic E-state index is -1.25. The van der Waals surface area contributed by atoms with E-state index >= 15 is 0 Å². The van der Waals surface area contributed by atoms with Gasteiger partial charge in [-0.1, -0.05) is 20.8 Å². The summed E-state index contributed by atoms with van der Waals surface area (Å²) in [4.78, 5) is 24.6. The maximum Gasteiger partial charge on any atom is 0.230 e. The Morgan fingerprint density at radius 3 is 2.60 bits per heavy atom. The van der Waals surface area contributed by atoms with Crippen molar-refractivity contribution in [3.63, 3.8) is 0 Å². The summed E-state index contributed by atoms with van der Waals surface area (Å²) in [6, 6.07) is 0. The number of nitrogens with one attached hydrogen (secondary N) is 1. The van der Waals surface area contributed by atoms with Gasteiger partial charge in [-0.05, 0) is 0 Å². The van der Waals surface area contributed by atoms with Gasteiger partial charge >= 0.3 is 0 Å². The van der Waals surface area contributed by atoms with Gasteiger partial charge in [0.2, 0.25) is 5.91 Å². The molecule has 0 spiro atoms. The quantitative estimate of drug-likeness (QED) is 0.575. The maximum absolute atomic E-state index is 12.2. The van der Waals surface area contributed by atoms with Crippen molar-refractivity contribution in [2.75, 3.05) is 11.9 Å². The molecule has 136 valence electrons. The van der Waals surface area contributed by atoms with E-state index in [9.17, 15) is 20.1 Å². The number of nitrogens with zero attached hydrogens (tertiary/aromatic N) is 4. The SMILES string of the molecule is CC(C)(C)C(=O)Nc1ncnc2c1ncn2[C@@H]1O[C@H](CO)[C@@H](O)[C@H]1O. The lowest BCUT2D eigenvalue weighted by molar-refractivity contribution is -0.123. The van der Waals surface area contributed by atoms with E-state index in [-0.39, 0.29) is 11.7 Å². The van der Waals surface area contributed by atoms with Gasteiger partial charge in [0.25, 0.3) is 0 Å². The molecule has 0 unspecified atom stereocenters. The minimum Gasteiger partial charge on any atom is -0.394 e. The van der Waals surface area contributed by atoms with Crippen molar-refractivity contribution in [1.29, 1.82) is 0 Å². The second kappa shape index (κ2) is 6.30. The van der Waals surface area contributed by atoms with Crippen molar-refractivity contribution in [2.45, 2.75) is 45.3 Å². The zero-order valence-corrected chi connectivity index (χ0v) is 14.1. The molecule has 0 bridgehead atoms. The summed E-state index contributed by atoms with van der Waals surface area (Å²) in [6.07, 6.45) is -1.70. The third kappa shape index (κ3) is 3.09. The smallest absolute Gasteiger partial charge is 0.230 e. The molecule has 0 radical (unpaired) electrons. The molecule has 10 heteroatoms. The first-order valence-electron chi connectivity index (χ1n) is 7.85. The lowest BCUT2D eigenvalue weighted by Crippen LogP contribution is -2.33. The molecule has 25 heavy (non-hydrogen) atoms. The molecule has 1 aliphatic heterocycles. The van der Waals surface area contributed by atoms with Crippen molar-refractivity contribution in [3.8, 4) is 0 Å². The second-order valence-corrected chi connectivity index (χ2v) is 6.98. The van der Waals surface area contributed by atoms with Crippen LogP contribution in [-0.2, 0) is 9.53 Å². The van der Waals surface area contributed by atoms with Gasteiger partial charge in [-0.3, -0.25) is 9.36 Å². The highest BCUT2D eigenvalue weighted by molar-refractivity contribution is 5.99. The van der Waals surface area contributed by atoms with Crippen molar-refractivity contribution in [2.24, 2.45) is 5.41 Å². The summed E-state index contributed by atoms with van der Waals surface area (Å²) in [5.41, 5.74) is 0.0511. The number of fused-ring (bicyclic) bond motifs is 1. The Bertz CT molecular complexity index is 786. The van der Waals surface area contributed by atoms with Crippen LogP contribution in [0.15, 0.2) is 12.7 Å². The van der Waals surface area contributed by atoms with E-state index in [4.69, 9.17) is 4.74 Å². The van der Waals surface area contributed by atoms with Gasteiger partial charge in [-0.2, -0.15) is 0 Å². The number of carbonyl (C=O) groups is 1. The Balaban J connectivity index is 1.95. The van der Waals surface area contributed by atoms with Crippen LogP contribution < -0.4 is 5.32 Å². The molecule has 1 amide bonds. The molecule has 0 aliphatic carbocycles. The third-order valence-corrected chi connectivity index (χ3v) is 4.06. The molecule has 0 saturated carbocycles. The number of amides is 1. The van der Waals surface area contributed by atoms with Crippen LogP contribution >= 0.6 is 0 Å². The molecule has 4 N–H and O–H groups in total. The third-order valence-electron chi connectivity index (χ3n) is 4.06. The highest BCUT2D eigenvalue weighted by Crippen LogP contribution is 2.32. The molecule has 1 fully saturated rings. The fourth-order valence-electron chi connectivity index (χ4n) is 2.53. The zero-order chi connectivity index (χ0) is 18.4. The van der Waals surface area contributed by atoms with Crippen molar-refractivity contribution < 1.29 is 24.9 Å². The minimum absolute atomic E-state index is 0.227. The van der Waals surface area contributed by atoms with Crippen LogP contribution in [0.1, 0.15) is 27.0 Å². The molecule has 3 rings (SSSR count). The van der Waals surface area contributed by atoms with Gasteiger partial charge in [0.15, 0.2) is 23.2 Å². The van der Waals surface area contributed by atoms with Gasteiger partial charge in [0.05, 0.1) is 12.9 Å². The second-order valence-electron chi connectivity index (χ2n) is 6.98. The van der Waals surface area contributed by atoms with E-state index < -0.39 is 36.6 Å². The summed E-state index contributed by atoms with van der Waals surface area (Å²) in [5, 5.41) is 32.0. The highest BCUT2D eigenvalue weighted by atomic mass is 16.6. The van der Waals surface area contributed by atoms with Crippen LogP contribution in [0.25, 0.3) is 11.2 Å². The molecule has 4 atom stereocenters. The van der Waals surface area contributed by atoms with E-state index in [1.54, 1.807) is 20.8 Å². The number of ether oxygens (including phenoxy) is 1. The summed E-state index contributed by atoms with van der Waals surface area (Å²) in [5.74, 6) is 0.0189. The van der Waals surface area contributed by atoms with E-state index in [0.717, 1.165) is 0 Å². The number of aliphatic hydroxyl groups is 3. The predicted molar refractivity (Wildman–Crippen MR) is 86.4 cm³/mol. The summed E-state index contributed by atoms with van der Waals surface area (Å²) in [6.45, 7) is 4.90. The highest BCUT2D eigenvalue weighted by Gasteiger charge is 2.44. The molecule has 2 aromatic rings. The fourth-order valence-corrected chi connectivity index (χ4v) is 2.53. The molecule has 1 aliphatic rings. The van der Waals surface area contributed by atoms with E-state index in [2.05, 4.69) is 20.3 Å². The molecule has 1 saturated heterocycles. The van der Waals surface area contributed by atoms with Gasteiger partial charge in [0, 0.05) is 5.41 Å². The van der Waals surface area contributed by atoms with Crippen LogP contribution in [0.2, 0.25) is 0 Å². The summed E-state index contributed by atoms with van der Waals surface area (Å²) >= 11 is 0. The molecule has 0 aromatic carbocycles. The lowest BCUT2D eigenvalue weighted by Gasteiger charge is -2.18. The van der Waals surface area contributed by atoms with Crippen molar-refractivity contribution >= 4 is 22.9 Å².